The van der Waals surface area contributed by atoms with Crippen molar-refractivity contribution in [2.45, 2.75) is 38.6 Å². The van der Waals surface area contributed by atoms with Gasteiger partial charge in [-0.3, -0.25) is 0 Å². The molecule has 0 bridgehead atoms. The van der Waals surface area contributed by atoms with Crippen LogP contribution >= 0.6 is 0 Å². The van der Waals surface area contributed by atoms with Crippen molar-refractivity contribution in [2.24, 2.45) is 5.73 Å². The Kier molecular flexibility index (Phi) is 6.23. The summed E-state index contributed by atoms with van der Waals surface area (Å²) in [6, 6.07) is 8.71. The van der Waals surface area contributed by atoms with Crippen LogP contribution in [0.1, 0.15) is 37.3 Å². The lowest BCUT2D eigenvalue weighted by Gasteiger charge is -2.17. The first kappa shape index (κ1) is 15.5. The highest BCUT2D eigenvalue weighted by Crippen LogP contribution is 2.26. The molecule has 110 valence electrons. The van der Waals surface area contributed by atoms with E-state index in [2.05, 4.69) is 73.7 Å². The number of rotatable bonds is 5. The topological polar surface area (TPSA) is 26.0 Å². The molecule has 1 aliphatic rings. The summed E-state index contributed by atoms with van der Waals surface area (Å²) in [5, 5.41) is 0. The maximum absolute atomic E-state index is 6.33. The van der Waals surface area contributed by atoms with Crippen LogP contribution in [-0.4, -0.2) is 6.04 Å². The molecule has 1 atom stereocenters. The maximum atomic E-state index is 6.33. The van der Waals surface area contributed by atoms with Crippen LogP contribution in [-0.2, 0) is 6.42 Å². The molecule has 1 aliphatic carbocycles. The minimum Gasteiger partial charge on any atom is -0.324 e. The molecule has 1 heteroatoms. The molecule has 0 fully saturated rings. The average Bonchev–Trinajstić information content (AvgIpc) is 2.72. The van der Waals surface area contributed by atoms with Crippen molar-refractivity contribution in [2.75, 3.05) is 0 Å². The second-order valence-electron chi connectivity index (χ2n) is 5.33. The summed E-state index contributed by atoms with van der Waals surface area (Å²) in [6.07, 6.45) is 19.2. The smallest absolute Gasteiger partial charge is 0.0332 e. The molecule has 2 rings (SSSR count). The van der Waals surface area contributed by atoms with Crippen LogP contribution in [0.2, 0.25) is 0 Å². The van der Waals surface area contributed by atoms with E-state index in [0.717, 1.165) is 25.7 Å². The van der Waals surface area contributed by atoms with E-state index in [0.29, 0.717) is 0 Å². The second kappa shape index (κ2) is 8.43. The largest absolute Gasteiger partial charge is 0.324 e. The van der Waals surface area contributed by atoms with Crippen LogP contribution in [0.25, 0.3) is 5.57 Å². The quantitative estimate of drug-likeness (QED) is 0.607. The highest BCUT2D eigenvalue weighted by atomic mass is 14.6. The molecule has 0 aromatic heterocycles. The molecular weight excluding hydrogens is 254 g/mol. The number of hydrogen-bond donors (Lipinski definition) is 1. The summed E-state index contributed by atoms with van der Waals surface area (Å²) in [4.78, 5) is 0. The van der Waals surface area contributed by atoms with Gasteiger partial charge in [-0.25, -0.2) is 0 Å². The average molecular weight is 279 g/mol. The SMILES string of the molecule is CC/C=C\C=C/Cc1ccccc1C1=CCC=CCC1N. The van der Waals surface area contributed by atoms with Crippen LogP contribution < -0.4 is 5.73 Å². The van der Waals surface area contributed by atoms with Crippen molar-refractivity contribution in [3.8, 4) is 0 Å². The summed E-state index contributed by atoms with van der Waals surface area (Å²) in [5.74, 6) is 0. The standard InChI is InChI=1S/C20H25N/c1-2-3-4-5-7-12-17-13-10-11-14-18(17)19-15-8-6-9-16-20(19)21/h3-7,9-11,13-15,20H,2,8,12,16,21H2,1H3/b4-3-,7-5-. The van der Waals surface area contributed by atoms with Crippen molar-refractivity contribution < 1.29 is 0 Å². The molecule has 21 heavy (non-hydrogen) atoms. The molecule has 0 saturated carbocycles. The first-order valence-corrected chi connectivity index (χ1v) is 7.83. The predicted molar refractivity (Wildman–Crippen MR) is 93.0 cm³/mol. The first-order valence-electron chi connectivity index (χ1n) is 7.83. The molecule has 0 spiro atoms. The van der Waals surface area contributed by atoms with E-state index in [1.807, 2.05) is 0 Å². The summed E-state index contributed by atoms with van der Waals surface area (Å²) < 4.78 is 0. The van der Waals surface area contributed by atoms with Gasteiger partial charge in [-0.1, -0.05) is 73.7 Å². The fourth-order valence-corrected chi connectivity index (χ4v) is 2.59. The lowest BCUT2D eigenvalue weighted by Crippen LogP contribution is -2.21. The van der Waals surface area contributed by atoms with Crippen LogP contribution in [0.4, 0.5) is 0 Å². The highest BCUT2D eigenvalue weighted by molar-refractivity contribution is 5.72. The fourth-order valence-electron chi connectivity index (χ4n) is 2.59. The molecule has 0 saturated heterocycles. The molecule has 0 radical (unpaired) electrons. The fraction of sp³-hybridized carbons (Fsp3) is 0.300. The van der Waals surface area contributed by atoms with E-state index in [9.17, 15) is 0 Å². The first-order chi connectivity index (χ1) is 10.3. The van der Waals surface area contributed by atoms with Crippen molar-refractivity contribution >= 4 is 5.57 Å². The van der Waals surface area contributed by atoms with Gasteiger partial charge in [0.15, 0.2) is 0 Å². The second-order valence-corrected chi connectivity index (χ2v) is 5.33. The van der Waals surface area contributed by atoms with Gasteiger partial charge < -0.3 is 5.73 Å². The Morgan fingerprint density at radius 3 is 2.81 bits per heavy atom. The summed E-state index contributed by atoms with van der Waals surface area (Å²) >= 11 is 0. The van der Waals surface area contributed by atoms with Gasteiger partial charge in [0.1, 0.15) is 0 Å². The number of nitrogens with two attached hydrogens (primary N) is 1. The summed E-state index contributed by atoms with van der Waals surface area (Å²) in [7, 11) is 0. The van der Waals surface area contributed by atoms with Crippen molar-refractivity contribution in [1.82, 2.24) is 0 Å². The molecule has 0 heterocycles. The van der Waals surface area contributed by atoms with Crippen LogP contribution in [0.3, 0.4) is 0 Å². The zero-order chi connectivity index (χ0) is 14.9. The zero-order valence-electron chi connectivity index (χ0n) is 12.8. The number of benzene rings is 1. The molecule has 1 aromatic rings. The van der Waals surface area contributed by atoms with E-state index >= 15 is 0 Å². The zero-order valence-corrected chi connectivity index (χ0v) is 12.8. The van der Waals surface area contributed by atoms with Crippen LogP contribution in [0.15, 0.2) is 66.8 Å². The van der Waals surface area contributed by atoms with Gasteiger partial charge in [0.2, 0.25) is 0 Å². The van der Waals surface area contributed by atoms with Gasteiger partial charge in [-0.2, -0.15) is 0 Å². The van der Waals surface area contributed by atoms with Crippen molar-refractivity contribution in [3.63, 3.8) is 0 Å². The normalized spacial score (nSPS) is 19.1. The van der Waals surface area contributed by atoms with Crippen molar-refractivity contribution in [3.05, 3.63) is 77.9 Å². The van der Waals surface area contributed by atoms with Crippen LogP contribution in [0, 0.1) is 0 Å². The molecule has 1 unspecified atom stereocenters. The van der Waals surface area contributed by atoms with E-state index in [-0.39, 0.29) is 6.04 Å². The lowest BCUT2D eigenvalue weighted by atomic mass is 9.92. The Bertz CT molecular complexity index is 561. The molecular formula is C20H25N. The van der Waals surface area contributed by atoms with Gasteiger partial charge in [0, 0.05) is 6.04 Å². The van der Waals surface area contributed by atoms with Gasteiger partial charge in [0.25, 0.3) is 0 Å². The van der Waals surface area contributed by atoms with Gasteiger partial charge in [-0.15, -0.1) is 0 Å². The van der Waals surface area contributed by atoms with E-state index < -0.39 is 0 Å². The van der Waals surface area contributed by atoms with E-state index in [1.165, 1.54) is 16.7 Å². The van der Waals surface area contributed by atoms with E-state index in [4.69, 9.17) is 5.73 Å². The molecule has 2 N–H and O–H groups in total. The number of allylic oxidation sites excluding steroid dienone is 6. The summed E-state index contributed by atoms with van der Waals surface area (Å²) in [6.45, 7) is 2.15. The Labute approximate surface area is 128 Å². The number of hydrogen-bond acceptors (Lipinski definition) is 1. The van der Waals surface area contributed by atoms with Crippen LogP contribution in [0.5, 0.6) is 0 Å². The molecule has 0 amide bonds. The maximum Gasteiger partial charge on any atom is 0.0332 e. The Balaban J connectivity index is 2.18. The summed E-state index contributed by atoms with van der Waals surface area (Å²) in [5.41, 5.74) is 10.3. The Morgan fingerprint density at radius 2 is 1.95 bits per heavy atom. The van der Waals surface area contributed by atoms with Crippen molar-refractivity contribution in [1.29, 1.82) is 0 Å². The highest BCUT2D eigenvalue weighted by Gasteiger charge is 2.14. The molecule has 1 nitrogen and oxygen atoms in total. The van der Waals surface area contributed by atoms with Gasteiger partial charge in [-0.05, 0) is 42.4 Å². The Hall–Kier alpha value is -1.86. The third kappa shape index (κ3) is 4.57. The van der Waals surface area contributed by atoms with Gasteiger partial charge >= 0.3 is 0 Å². The molecule has 0 aliphatic heterocycles. The third-order valence-corrected chi connectivity index (χ3v) is 3.72. The predicted octanol–water partition coefficient (Wildman–Crippen LogP) is 4.81. The Morgan fingerprint density at radius 1 is 1.14 bits per heavy atom. The lowest BCUT2D eigenvalue weighted by molar-refractivity contribution is 0.854. The minimum absolute atomic E-state index is 0.105. The monoisotopic (exact) mass is 279 g/mol. The van der Waals surface area contributed by atoms with E-state index in [1.54, 1.807) is 0 Å². The molecule has 1 aromatic carbocycles. The van der Waals surface area contributed by atoms with Gasteiger partial charge in [0.05, 0.1) is 0 Å². The minimum atomic E-state index is 0.105. The third-order valence-electron chi connectivity index (χ3n) is 3.72.